The summed E-state index contributed by atoms with van der Waals surface area (Å²) in [5.41, 5.74) is -0.527. The van der Waals surface area contributed by atoms with Crippen LogP contribution >= 0.6 is 0 Å². The fraction of sp³-hybridized carbons (Fsp3) is 0.938. The molecule has 0 heterocycles. The number of hydrogen-bond donors (Lipinski definition) is 2. The molecule has 0 aromatic heterocycles. The van der Waals surface area contributed by atoms with Crippen molar-refractivity contribution in [3.05, 3.63) is 0 Å². The van der Waals surface area contributed by atoms with Crippen molar-refractivity contribution in [2.45, 2.75) is 115 Å². The molecule has 36 heavy (non-hydrogen) atoms. The smallest absolute Gasteiger partial charge is 0.226 e. The Morgan fingerprint density at radius 1 is 0.444 bits per heavy atom. The van der Waals surface area contributed by atoms with Crippen molar-refractivity contribution in [2.24, 2.45) is 70.0 Å². The van der Waals surface area contributed by atoms with Crippen LogP contribution in [0.5, 0.6) is 0 Å². The Hall–Kier alpha value is -1.06. The average molecular weight is 491 g/mol. The summed E-state index contributed by atoms with van der Waals surface area (Å²) in [7, 11) is 0. The minimum atomic E-state index is -0.264. The lowest BCUT2D eigenvalue weighted by molar-refractivity contribution is -0.171. The third-order valence-electron chi connectivity index (χ3n) is 14.1. The molecule has 12 rings (SSSR count). The van der Waals surface area contributed by atoms with Crippen LogP contribution in [0.25, 0.3) is 0 Å². The molecule has 12 fully saturated rings. The highest BCUT2D eigenvalue weighted by Crippen LogP contribution is 2.66. The Bertz CT molecular complexity index is 843. The summed E-state index contributed by atoms with van der Waals surface area (Å²) in [6, 6.07) is 0.854. The van der Waals surface area contributed by atoms with Gasteiger partial charge in [-0.3, -0.25) is 9.59 Å². The molecule has 0 aromatic rings. The van der Waals surface area contributed by atoms with Crippen LogP contribution in [-0.2, 0) is 9.59 Å². The molecule has 12 aliphatic rings. The fourth-order valence-corrected chi connectivity index (χ4v) is 13.7. The van der Waals surface area contributed by atoms with Gasteiger partial charge in [0.05, 0.1) is 10.8 Å². The van der Waals surface area contributed by atoms with Crippen LogP contribution in [0, 0.1) is 70.0 Å². The van der Waals surface area contributed by atoms with Gasteiger partial charge in [-0.15, -0.1) is 0 Å². The SMILES string of the molecule is O=C(NC1C2CC3CC(C2)CC1C3)C12CC3CC(C1)CC(C(=O)NC1C4CC5CC(C4)CC1C5)(C3)C2. The standard InChI is InChI=1S/C32H46N2O2/c35-29(33-27-23-4-17-1-18(6-23)7-24(27)5-17)31-12-21-3-22(13-31)15-32(14-21,16-31)30(36)34-28-25-8-19-2-20(10-25)11-26(28)9-19/h17-28H,1-16H2,(H,33,35)(H,34,36). The van der Waals surface area contributed by atoms with Crippen molar-refractivity contribution in [3.8, 4) is 0 Å². The van der Waals surface area contributed by atoms with Crippen molar-refractivity contribution < 1.29 is 9.59 Å². The third kappa shape index (κ3) is 3.05. The topological polar surface area (TPSA) is 58.2 Å². The molecule has 0 aromatic carbocycles. The Morgan fingerprint density at radius 2 is 0.750 bits per heavy atom. The van der Waals surface area contributed by atoms with E-state index in [4.69, 9.17) is 0 Å². The van der Waals surface area contributed by atoms with Gasteiger partial charge in [0.1, 0.15) is 0 Å². The van der Waals surface area contributed by atoms with E-state index in [2.05, 4.69) is 10.6 Å². The molecule has 196 valence electrons. The number of amides is 2. The average Bonchev–Trinajstić information content (AvgIpc) is 2.81. The van der Waals surface area contributed by atoms with E-state index in [1.54, 1.807) is 0 Å². The minimum absolute atomic E-state index is 0.264. The quantitative estimate of drug-likeness (QED) is 0.550. The van der Waals surface area contributed by atoms with Crippen LogP contribution < -0.4 is 10.6 Å². The highest BCUT2D eigenvalue weighted by molar-refractivity contribution is 5.88. The lowest BCUT2D eigenvalue weighted by Crippen LogP contribution is -2.65. The van der Waals surface area contributed by atoms with Gasteiger partial charge < -0.3 is 10.6 Å². The van der Waals surface area contributed by atoms with Gasteiger partial charge in [-0.2, -0.15) is 0 Å². The van der Waals surface area contributed by atoms with E-state index in [1.165, 1.54) is 70.6 Å². The molecule has 0 radical (unpaired) electrons. The predicted octanol–water partition coefficient (Wildman–Crippen LogP) is 5.45. The van der Waals surface area contributed by atoms with Crippen molar-refractivity contribution in [1.29, 1.82) is 0 Å². The first kappa shape index (κ1) is 21.8. The molecular weight excluding hydrogens is 444 g/mol. The number of nitrogens with one attached hydrogen (secondary N) is 2. The second kappa shape index (κ2) is 7.32. The largest absolute Gasteiger partial charge is 0.352 e. The number of carbonyl (C=O) groups is 2. The zero-order valence-electron chi connectivity index (χ0n) is 22.1. The van der Waals surface area contributed by atoms with Gasteiger partial charge in [-0.1, -0.05) is 0 Å². The maximum absolute atomic E-state index is 14.2. The summed E-state index contributed by atoms with van der Waals surface area (Å²) in [4.78, 5) is 28.4. The molecule has 4 heteroatoms. The number of rotatable bonds is 4. The van der Waals surface area contributed by atoms with Crippen molar-refractivity contribution in [3.63, 3.8) is 0 Å². The van der Waals surface area contributed by atoms with Gasteiger partial charge in [-0.25, -0.2) is 0 Å². The molecule has 0 atom stereocenters. The lowest BCUT2D eigenvalue weighted by atomic mass is 9.43. The second-order valence-corrected chi connectivity index (χ2v) is 16.4. The molecule has 12 bridgehead atoms. The first-order valence-corrected chi connectivity index (χ1v) is 16.1. The Balaban J connectivity index is 0.951. The molecule has 0 unspecified atom stereocenters. The molecule has 0 aliphatic heterocycles. The molecule has 0 spiro atoms. The van der Waals surface area contributed by atoms with Crippen LogP contribution in [-0.4, -0.2) is 23.9 Å². The zero-order chi connectivity index (χ0) is 23.8. The summed E-state index contributed by atoms with van der Waals surface area (Å²) in [6.07, 6.45) is 20.1. The van der Waals surface area contributed by atoms with Crippen LogP contribution in [0.1, 0.15) is 103 Å². The van der Waals surface area contributed by atoms with Crippen LogP contribution in [0.2, 0.25) is 0 Å². The van der Waals surface area contributed by atoms with Gasteiger partial charge in [-0.05, 0) is 162 Å². The third-order valence-corrected chi connectivity index (χ3v) is 14.1. The van der Waals surface area contributed by atoms with Crippen molar-refractivity contribution in [2.75, 3.05) is 0 Å². The molecular formula is C32H46N2O2. The van der Waals surface area contributed by atoms with Crippen molar-refractivity contribution >= 4 is 11.8 Å². The van der Waals surface area contributed by atoms with Gasteiger partial charge >= 0.3 is 0 Å². The van der Waals surface area contributed by atoms with Crippen molar-refractivity contribution in [1.82, 2.24) is 10.6 Å². The summed E-state index contributed by atoms with van der Waals surface area (Å²) >= 11 is 0. The predicted molar refractivity (Wildman–Crippen MR) is 137 cm³/mol. The molecule has 12 aliphatic carbocycles. The van der Waals surface area contributed by atoms with Crippen LogP contribution in [0.15, 0.2) is 0 Å². The maximum atomic E-state index is 14.2. The second-order valence-electron chi connectivity index (χ2n) is 16.4. The van der Waals surface area contributed by atoms with E-state index in [0.29, 0.717) is 35.7 Å². The molecule has 0 saturated heterocycles. The van der Waals surface area contributed by atoms with Gasteiger partial charge in [0.25, 0.3) is 0 Å². The highest BCUT2D eigenvalue weighted by Gasteiger charge is 2.64. The van der Waals surface area contributed by atoms with Gasteiger partial charge in [0.2, 0.25) is 11.8 Å². The first-order valence-electron chi connectivity index (χ1n) is 16.1. The van der Waals surface area contributed by atoms with Gasteiger partial charge in [0, 0.05) is 12.1 Å². The summed E-state index contributed by atoms with van der Waals surface area (Å²) < 4.78 is 0. The minimum Gasteiger partial charge on any atom is -0.352 e. The Kier molecular flexibility index (Phi) is 4.44. The highest BCUT2D eigenvalue weighted by atomic mass is 16.2. The first-order chi connectivity index (χ1) is 17.4. The van der Waals surface area contributed by atoms with E-state index in [1.807, 2.05) is 0 Å². The van der Waals surface area contributed by atoms with E-state index in [-0.39, 0.29) is 10.8 Å². The number of carbonyl (C=O) groups excluding carboxylic acids is 2. The molecule has 12 saturated carbocycles. The monoisotopic (exact) mass is 490 g/mol. The summed E-state index contributed by atoms with van der Waals surface area (Å²) in [6.45, 7) is 0. The zero-order valence-corrected chi connectivity index (χ0v) is 22.1. The maximum Gasteiger partial charge on any atom is 0.226 e. The molecule has 4 nitrogen and oxygen atoms in total. The van der Waals surface area contributed by atoms with Gasteiger partial charge in [0.15, 0.2) is 0 Å². The normalized spacial score (nSPS) is 58.9. The summed E-state index contributed by atoms with van der Waals surface area (Å²) in [5, 5.41) is 7.46. The Morgan fingerprint density at radius 3 is 1.08 bits per heavy atom. The lowest BCUT2D eigenvalue weighted by Gasteiger charge is -2.62. The van der Waals surface area contributed by atoms with E-state index >= 15 is 0 Å². The summed E-state index contributed by atoms with van der Waals surface area (Å²) in [5.74, 6) is 8.58. The number of hydrogen-bond acceptors (Lipinski definition) is 2. The van der Waals surface area contributed by atoms with E-state index in [9.17, 15) is 9.59 Å². The molecule has 2 amide bonds. The van der Waals surface area contributed by atoms with Crippen LogP contribution in [0.3, 0.4) is 0 Å². The van der Waals surface area contributed by atoms with E-state index in [0.717, 1.165) is 79.4 Å². The van der Waals surface area contributed by atoms with Crippen LogP contribution in [0.4, 0.5) is 0 Å². The molecule has 2 N–H and O–H groups in total. The Labute approximate surface area is 216 Å². The van der Waals surface area contributed by atoms with E-state index < -0.39 is 0 Å². The fourth-order valence-electron chi connectivity index (χ4n) is 13.7.